The first kappa shape index (κ1) is 19.2. The smallest absolute Gasteiger partial charge is 0.394 e. The fourth-order valence-corrected chi connectivity index (χ4v) is 3.96. The van der Waals surface area contributed by atoms with Crippen molar-refractivity contribution in [3.8, 4) is 11.8 Å². The van der Waals surface area contributed by atoms with Crippen LogP contribution < -0.4 is 4.74 Å². The average molecular weight is 421 g/mol. The Morgan fingerprint density at radius 3 is 2.77 bits per heavy atom. The van der Waals surface area contributed by atoms with Gasteiger partial charge in [0.2, 0.25) is 0 Å². The summed E-state index contributed by atoms with van der Waals surface area (Å²) < 4.78 is 26.4. The predicted octanol–water partition coefficient (Wildman–Crippen LogP) is 3.62. The van der Waals surface area contributed by atoms with Gasteiger partial charge in [0.15, 0.2) is 5.58 Å². The number of para-hydroxylation sites is 2. The Balaban J connectivity index is 1.41. The van der Waals surface area contributed by atoms with E-state index in [0.717, 1.165) is 6.42 Å². The van der Waals surface area contributed by atoms with Crippen LogP contribution in [0, 0.1) is 5.82 Å². The number of aromatic nitrogens is 4. The lowest BCUT2D eigenvalue weighted by Gasteiger charge is -2.38. The number of carbonyl (C=O) groups is 1. The highest BCUT2D eigenvalue weighted by atomic mass is 19.1. The first-order chi connectivity index (χ1) is 15.1. The van der Waals surface area contributed by atoms with E-state index in [1.165, 1.54) is 29.3 Å². The van der Waals surface area contributed by atoms with Gasteiger partial charge in [-0.1, -0.05) is 18.2 Å². The summed E-state index contributed by atoms with van der Waals surface area (Å²) in [5.74, 6) is -1.04. The van der Waals surface area contributed by atoms with E-state index in [1.54, 1.807) is 11.0 Å². The van der Waals surface area contributed by atoms with Crippen molar-refractivity contribution in [1.82, 2.24) is 24.9 Å². The van der Waals surface area contributed by atoms with Crippen molar-refractivity contribution >= 4 is 17.0 Å². The second-order valence-electron chi connectivity index (χ2n) is 7.44. The molecule has 2 aromatic carbocycles. The molecule has 0 N–H and O–H groups in total. The molecule has 3 heterocycles. The molecule has 1 fully saturated rings. The van der Waals surface area contributed by atoms with E-state index < -0.39 is 11.7 Å². The maximum atomic E-state index is 14.8. The van der Waals surface area contributed by atoms with Crippen LogP contribution in [-0.2, 0) is 0 Å². The van der Waals surface area contributed by atoms with Crippen molar-refractivity contribution < 1.29 is 18.3 Å². The van der Waals surface area contributed by atoms with Gasteiger partial charge in [-0.15, -0.1) is 0 Å². The lowest BCUT2D eigenvalue weighted by molar-refractivity contribution is 0.0177. The van der Waals surface area contributed by atoms with Gasteiger partial charge in [-0.3, -0.25) is 4.79 Å². The summed E-state index contributed by atoms with van der Waals surface area (Å²) >= 11 is 0. The molecule has 1 saturated heterocycles. The number of hydrogen-bond acceptors (Lipinski definition) is 6. The Labute approximate surface area is 177 Å². The molecule has 4 aromatic rings. The van der Waals surface area contributed by atoms with Gasteiger partial charge in [0.05, 0.1) is 18.4 Å². The lowest BCUT2D eigenvalue weighted by Crippen LogP contribution is -2.51. The number of likely N-dealkylation sites (tertiary alicyclic amines) is 1. The molecule has 2 aromatic heterocycles. The fourth-order valence-electron chi connectivity index (χ4n) is 3.96. The highest BCUT2D eigenvalue weighted by molar-refractivity contribution is 5.98. The van der Waals surface area contributed by atoms with Gasteiger partial charge >= 0.3 is 6.08 Å². The topological polar surface area (TPSA) is 86.3 Å². The molecule has 0 bridgehead atoms. The number of carbonyl (C=O) groups excluding carboxylic acids is 1. The van der Waals surface area contributed by atoms with Crippen LogP contribution in [0.3, 0.4) is 0 Å². The second-order valence-corrected chi connectivity index (χ2v) is 7.44. The van der Waals surface area contributed by atoms with Crippen molar-refractivity contribution in [3.63, 3.8) is 0 Å². The Bertz CT molecular complexity index is 1190. The Morgan fingerprint density at radius 2 is 1.97 bits per heavy atom. The van der Waals surface area contributed by atoms with Gasteiger partial charge in [0.1, 0.15) is 28.7 Å². The molecule has 1 aliphatic rings. The lowest BCUT2D eigenvalue weighted by atomic mass is 9.98. The monoisotopic (exact) mass is 421 g/mol. The van der Waals surface area contributed by atoms with E-state index in [0.29, 0.717) is 29.8 Å². The van der Waals surface area contributed by atoms with Crippen LogP contribution in [-0.4, -0.2) is 49.5 Å². The van der Waals surface area contributed by atoms with Gasteiger partial charge in [-0.25, -0.2) is 4.39 Å². The van der Waals surface area contributed by atoms with Gasteiger partial charge in [0, 0.05) is 6.54 Å². The molecule has 1 amide bonds. The van der Waals surface area contributed by atoms with Crippen molar-refractivity contribution in [1.29, 1.82) is 0 Å². The summed E-state index contributed by atoms with van der Waals surface area (Å²) in [6, 6.07) is 11.5. The molecule has 0 unspecified atom stereocenters. The normalized spacial score (nSPS) is 19.0. The molecule has 2 atom stereocenters. The van der Waals surface area contributed by atoms with Gasteiger partial charge in [-0.2, -0.15) is 20.0 Å². The highest BCUT2D eigenvalue weighted by Gasteiger charge is 2.36. The van der Waals surface area contributed by atoms with E-state index in [2.05, 4.69) is 15.2 Å². The maximum Gasteiger partial charge on any atom is 0.394 e. The molecule has 158 valence electrons. The largest absolute Gasteiger partial charge is 0.445 e. The molecule has 0 radical (unpaired) electrons. The molecule has 0 aliphatic carbocycles. The number of benzene rings is 2. The fraction of sp³-hybridized carbons (Fsp3) is 0.273. The van der Waals surface area contributed by atoms with Crippen LogP contribution in [0.5, 0.6) is 6.08 Å². The summed E-state index contributed by atoms with van der Waals surface area (Å²) in [7, 11) is 0. The number of amides is 1. The van der Waals surface area contributed by atoms with E-state index in [4.69, 9.17) is 9.15 Å². The average Bonchev–Trinajstić information content (AvgIpc) is 3.44. The molecule has 1 aliphatic heterocycles. The molecule has 5 rings (SSSR count). The van der Waals surface area contributed by atoms with Crippen molar-refractivity contribution in [3.05, 3.63) is 66.2 Å². The number of nitrogens with zero attached hydrogens (tertiary/aromatic N) is 5. The van der Waals surface area contributed by atoms with Crippen LogP contribution in [0.2, 0.25) is 0 Å². The number of hydrogen-bond donors (Lipinski definition) is 0. The van der Waals surface area contributed by atoms with E-state index in [-0.39, 0.29) is 23.8 Å². The van der Waals surface area contributed by atoms with Crippen molar-refractivity contribution in [2.24, 2.45) is 0 Å². The maximum absolute atomic E-state index is 14.8. The molecule has 9 heteroatoms. The van der Waals surface area contributed by atoms with Gasteiger partial charge < -0.3 is 14.1 Å². The molecule has 31 heavy (non-hydrogen) atoms. The number of halogens is 1. The Morgan fingerprint density at radius 1 is 1.16 bits per heavy atom. The van der Waals surface area contributed by atoms with E-state index in [1.807, 2.05) is 31.2 Å². The first-order valence-electron chi connectivity index (χ1n) is 10.1. The third kappa shape index (κ3) is 3.52. The van der Waals surface area contributed by atoms with Crippen molar-refractivity contribution in [2.45, 2.75) is 31.9 Å². The van der Waals surface area contributed by atoms with E-state index >= 15 is 0 Å². The van der Waals surface area contributed by atoms with Crippen LogP contribution in [0.4, 0.5) is 4.39 Å². The van der Waals surface area contributed by atoms with Crippen LogP contribution in [0.1, 0.15) is 30.1 Å². The molecule has 8 nitrogen and oxygen atoms in total. The minimum absolute atomic E-state index is 0.0620. The van der Waals surface area contributed by atoms with Crippen LogP contribution in [0.25, 0.3) is 16.8 Å². The minimum Gasteiger partial charge on any atom is -0.445 e. The summed E-state index contributed by atoms with van der Waals surface area (Å²) in [5, 5.41) is 8.10. The number of fused-ring (bicyclic) bond motifs is 1. The first-order valence-corrected chi connectivity index (χ1v) is 10.1. The van der Waals surface area contributed by atoms with Gasteiger partial charge in [0.25, 0.3) is 5.91 Å². The zero-order valence-electron chi connectivity index (χ0n) is 16.8. The minimum atomic E-state index is -0.617. The number of rotatable bonds is 4. The zero-order chi connectivity index (χ0) is 21.4. The molecular weight excluding hydrogens is 401 g/mol. The summed E-state index contributed by atoms with van der Waals surface area (Å²) in [6.45, 7) is 2.38. The number of piperidine rings is 1. The van der Waals surface area contributed by atoms with Crippen LogP contribution >= 0.6 is 0 Å². The molecular formula is C22H20FN5O3. The van der Waals surface area contributed by atoms with Crippen molar-refractivity contribution in [2.75, 3.05) is 6.54 Å². The Hall–Kier alpha value is -3.75. The highest BCUT2D eigenvalue weighted by Crippen LogP contribution is 2.28. The predicted molar refractivity (Wildman–Crippen MR) is 109 cm³/mol. The molecule has 0 saturated carbocycles. The third-order valence-corrected chi connectivity index (χ3v) is 5.54. The number of ether oxygens (including phenoxy) is 1. The third-order valence-electron chi connectivity index (χ3n) is 5.54. The second kappa shape index (κ2) is 7.82. The van der Waals surface area contributed by atoms with Gasteiger partial charge in [-0.05, 0) is 44.0 Å². The summed E-state index contributed by atoms with van der Waals surface area (Å²) in [6.07, 6.45) is 4.24. The van der Waals surface area contributed by atoms with Crippen LogP contribution in [0.15, 0.2) is 59.3 Å². The zero-order valence-corrected chi connectivity index (χ0v) is 16.8. The summed E-state index contributed by atoms with van der Waals surface area (Å²) in [5.41, 5.74) is 1.57. The standard InChI is InChI=1S/C22H20FN5O3/c1-14-18(30-22-26-16-7-2-3-9-19(16)31-22)10-5-13-27(14)21(29)20-15(23)6-4-8-17(20)28-24-11-12-25-28/h2-4,6-9,11-12,14,18H,5,10,13H2,1H3/t14-,18+/m0/s1. The molecule has 0 spiro atoms. The quantitative estimate of drug-likeness (QED) is 0.500. The summed E-state index contributed by atoms with van der Waals surface area (Å²) in [4.78, 5) is 20.6. The number of oxazole rings is 1. The van der Waals surface area contributed by atoms with E-state index in [9.17, 15) is 9.18 Å². The Kier molecular flexibility index (Phi) is 4.85. The SMILES string of the molecule is C[C@H]1[C@H](Oc2nc3ccccc3o2)CCCN1C(=O)c1c(F)cccc1-n1nccn1.